The van der Waals surface area contributed by atoms with Crippen molar-refractivity contribution in [3.63, 3.8) is 0 Å². The molecule has 0 spiro atoms. The van der Waals surface area contributed by atoms with Gasteiger partial charge in [-0.1, -0.05) is 96.5 Å². The molecule has 0 saturated heterocycles. The number of halogens is 1. The molecular formula is C35H35ClN2O3. The van der Waals surface area contributed by atoms with Gasteiger partial charge in [-0.15, -0.1) is 0 Å². The van der Waals surface area contributed by atoms with Crippen molar-refractivity contribution < 1.29 is 14.6 Å². The third-order valence-electron chi connectivity index (χ3n) is 7.64. The first-order valence-electron chi connectivity index (χ1n) is 13.6. The maximum Gasteiger partial charge on any atom is 0.224 e. The Balaban J connectivity index is 1.84. The summed E-state index contributed by atoms with van der Waals surface area (Å²) in [6.45, 7) is 0.666. The number of aliphatic hydroxyl groups is 1. The van der Waals surface area contributed by atoms with Crippen LogP contribution >= 0.6 is 11.6 Å². The summed E-state index contributed by atoms with van der Waals surface area (Å²) in [4.78, 5) is 6.92. The fraction of sp³-hybridized carbons (Fsp3) is 0.229. The minimum atomic E-state index is -1.33. The summed E-state index contributed by atoms with van der Waals surface area (Å²) in [5.74, 6) is 0.313. The van der Waals surface area contributed by atoms with Crippen LogP contribution in [0.2, 0.25) is 5.02 Å². The van der Waals surface area contributed by atoms with E-state index in [0.29, 0.717) is 29.7 Å². The van der Waals surface area contributed by atoms with Crippen LogP contribution in [-0.4, -0.2) is 49.9 Å². The highest BCUT2D eigenvalue weighted by Gasteiger charge is 2.43. The molecule has 0 fully saturated rings. The number of hydrogen-bond acceptors (Lipinski definition) is 5. The van der Waals surface area contributed by atoms with E-state index in [0.717, 1.165) is 38.6 Å². The average molecular weight is 567 g/mol. The molecule has 0 aliphatic carbocycles. The highest BCUT2D eigenvalue weighted by atomic mass is 35.5. The number of rotatable bonds is 10. The van der Waals surface area contributed by atoms with Crippen LogP contribution in [0.5, 0.6) is 11.8 Å². The molecule has 2 unspecified atom stereocenters. The minimum absolute atomic E-state index is 0.400. The molecule has 0 aliphatic rings. The van der Waals surface area contributed by atoms with Crippen molar-refractivity contribution >= 4 is 22.4 Å². The molecule has 0 saturated carbocycles. The summed E-state index contributed by atoms with van der Waals surface area (Å²) < 4.78 is 11.6. The summed E-state index contributed by atoms with van der Waals surface area (Å²) in [5, 5.41) is 15.9. The molecule has 0 radical (unpaired) electrons. The van der Waals surface area contributed by atoms with Gasteiger partial charge in [0.1, 0.15) is 5.60 Å². The highest BCUT2D eigenvalue weighted by Crippen LogP contribution is 2.50. The van der Waals surface area contributed by atoms with Crippen molar-refractivity contribution in [2.45, 2.75) is 17.9 Å². The van der Waals surface area contributed by atoms with Gasteiger partial charge < -0.3 is 19.5 Å². The predicted octanol–water partition coefficient (Wildman–Crippen LogP) is 7.54. The Morgan fingerprint density at radius 2 is 1.49 bits per heavy atom. The Bertz CT molecular complexity index is 1620. The highest BCUT2D eigenvalue weighted by molar-refractivity contribution is 6.30. The molecule has 41 heavy (non-hydrogen) atoms. The molecule has 6 heteroatoms. The van der Waals surface area contributed by atoms with Gasteiger partial charge in [0.15, 0.2) is 0 Å². The Morgan fingerprint density at radius 1 is 0.829 bits per heavy atom. The average Bonchev–Trinajstić information content (AvgIpc) is 3.00. The van der Waals surface area contributed by atoms with Gasteiger partial charge in [-0.2, -0.15) is 4.98 Å². The SMILES string of the molecule is COc1nc(OC)c(C(c2ccccc2)C(O)(CCN(C)C)c2cccc3ccccc23)cc1-c1ccc(Cl)cc1. The number of ether oxygens (including phenoxy) is 2. The summed E-state index contributed by atoms with van der Waals surface area (Å²) in [6.07, 6.45) is 0.471. The van der Waals surface area contributed by atoms with Crippen molar-refractivity contribution in [3.8, 4) is 22.9 Å². The summed E-state index contributed by atoms with van der Waals surface area (Å²) >= 11 is 6.21. The molecule has 1 heterocycles. The second-order valence-electron chi connectivity index (χ2n) is 10.5. The Hall–Kier alpha value is -3.90. The molecule has 0 bridgehead atoms. The third kappa shape index (κ3) is 5.80. The van der Waals surface area contributed by atoms with Gasteiger partial charge in [-0.3, -0.25) is 0 Å². The van der Waals surface area contributed by atoms with Gasteiger partial charge in [-0.05, 0) is 66.2 Å². The first-order valence-corrected chi connectivity index (χ1v) is 14.0. The molecule has 1 aromatic heterocycles. The zero-order valence-electron chi connectivity index (χ0n) is 23.8. The molecular weight excluding hydrogens is 532 g/mol. The normalized spacial score (nSPS) is 13.6. The van der Waals surface area contributed by atoms with Gasteiger partial charge in [0.05, 0.1) is 14.2 Å². The van der Waals surface area contributed by atoms with Crippen molar-refractivity contribution in [1.82, 2.24) is 9.88 Å². The number of pyridine rings is 1. The second-order valence-corrected chi connectivity index (χ2v) is 10.9. The maximum atomic E-state index is 13.2. The number of methoxy groups -OCH3 is 2. The first-order chi connectivity index (χ1) is 19.9. The Kier molecular flexibility index (Phi) is 8.60. The van der Waals surface area contributed by atoms with Gasteiger partial charge in [-0.25, -0.2) is 0 Å². The molecule has 4 aromatic carbocycles. The lowest BCUT2D eigenvalue weighted by Gasteiger charge is -2.39. The number of hydrogen-bond donors (Lipinski definition) is 1. The van der Waals surface area contributed by atoms with Crippen LogP contribution in [0, 0.1) is 0 Å². The van der Waals surface area contributed by atoms with Crippen LogP contribution in [-0.2, 0) is 5.60 Å². The van der Waals surface area contributed by atoms with Gasteiger partial charge in [0.2, 0.25) is 11.8 Å². The fourth-order valence-corrected chi connectivity index (χ4v) is 5.77. The molecule has 210 valence electrons. The van der Waals surface area contributed by atoms with E-state index >= 15 is 0 Å². The number of aromatic nitrogens is 1. The number of fused-ring (bicyclic) bond motifs is 1. The van der Waals surface area contributed by atoms with E-state index in [1.165, 1.54) is 0 Å². The van der Waals surface area contributed by atoms with Crippen molar-refractivity contribution in [2.75, 3.05) is 34.9 Å². The van der Waals surface area contributed by atoms with Crippen molar-refractivity contribution in [2.24, 2.45) is 0 Å². The van der Waals surface area contributed by atoms with Crippen LogP contribution in [0.4, 0.5) is 0 Å². The minimum Gasteiger partial charge on any atom is -0.481 e. The van der Waals surface area contributed by atoms with E-state index in [2.05, 4.69) is 35.2 Å². The van der Waals surface area contributed by atoms with Crippen LogP contribution in [0.15, 0.2) is 103 Å². The third-order valence-corrected chi connectivity index (χ3v) is 7.89. The Labute approximate surface area is 247 Å². The summed E-state index contributed by atoms with van der Waals surface area (Å²) in [5.41, 5.74) is 2.93. The standard InChI is InChI=1S/C35H35ClN2O3/c1-38(2)22-21-35(39,31-16-10-14-24-11-8-9-15-28(24)31)32(26-12-6-5-7-13-26)30-23-29(25-17-19-27(36)20-18-25)33(40-3)37-34(30)41-4/h5-20,23,32,39H,21-22H2,1-4H3. The Morgan fingerprint density at radius 3 is 2.17 bits per heavy atom. The smallest absolute Gasteiger partial charge is 0.224 e. The lowest BCUT2D eigenvalue weighted by Crippen LogP contribution is -2.38. The van der Waals surface area contributed by atoms with Crippen molar-refractivity contribution in [3.05, 3.63) is 125 Å². The van der Waals surface area contributed by atoms with E-state index in [9.17, 15) is 5.11 Å². The monoisotopic (exact) mass is 566 g/mol. The van der Waals surface area contributed by atoms with Gasteiger partial charge in [0, 0.05) is 28.6 Å². The molecule has 5 aromatic rings. The predicted molar refractivity (Wildman–Crippen MR) is 167 cm³/mol. The molecule has 5 rings (SSSR count). The van der Waals surface area contributed by atoms with Crippen LogP contribution < -0.4 is 9.47 Å². The summed E-state index contributed by atoms with van der Waals surface area (Å²) in [7, 11) is 7.25. The molecule has 2 atom stereocenters. The number of nitrogens with zero attached hydrogens (tertiary/aromatic N) is 2. The molecule has 1 N–H and O–H groups in total. The number of benzene rings is 4. The largest absolute Gasteiger partial charge is 0.481 e. The molecule has 0 amide bonds. The van der Waals surface area contributed by atoms with Crippen LogP contribution in [0.3, 0.4) is 0 Å². The zero-order valence-corrected chi connectivity index (χ0v) is 24.6. The first kappa shape index (κ1) is 28.6. The van der Waals surface area contributed by atoms with Crippen LogP contribution in [0.25, 0.3) is 21.9 Å². The van der Waals surface area contributed by atoms with Crippen LogP contribution in [0.1, 0.15) is 29.0 Å². The van der Waals surface area contributed by atoms with Crippen molar-refractivity contribution in [1.29, 1.82) is 0 Å². The quantitative estimate of drug-likeness (QED) is 0.189. The maximum absolute atomic E-state index is 13.2. The van der Waals surface area contributed by atoms with E-state index in [1.54, 1.807) is 14.2 Å². The zero-order chi connectivity index (χ0) is 29.0. The second kappa shape index (κ2) is 12.3. The topological polar surface area (TPSA) is 54.8 Å². The van der Waals surface area contributed by atoms with E-state index < -0.39 is 11.5 Å². The lowest BCUT2D eigenvalue weighted by atomic mass is 9.70. The van der Waals surface area contributed by atoms with E-state index in [4.69, 9.17) is 26.1 Å². The summed E-state index contributed by atoms with van der Waals surface area (Å²) in [6, 6.07) is 34.1. The van der Waals surface area contributed by atoms with Gasteiger partial charge >= 0.3 is 0 Å². The van der Waals surface area contributed by atoms with E-state index in [1.807, 2.05) is 86.9 Å². The lowest BCUT2D eigenvalue weighted by molar-refractivity contribution is 0.00513. The van der Waals surface area contributed by atoms with E-state index in [-0.39, 0.29) is 0 Å². The fourth-order valence-electron chi connectivity index (χ4n) is 5.65. The molecule has 0 aliphatic heterocycles. The van der Waals surface area contributed by atoms with Gasteiger partial charge in [0.25, 0.3) is 0 Å². The molecule has 5 nitrogen and oxygen atoms in total.